The van der Waals surface area contributed by atoms with E-state index in [0.29, 0.717) is 19.5 Å². The Morgan fingerprint density at radius 1 is 1.14 bits per heavy atom. The molecule has 0 radical (unpaired) electrons. The summed E-state index contributed by atoms with van der Waals surface area (Å²) in [5.74, 6) is -4.86. The molecule has 0 spiro atoms. The molecule has 152 valence electrons. The number of halogens is 4. The minimum absolute atomic E-state index is 0.217. The van der Waals surface area contributed by atoms with Gasteiger partial charge in [-0.15, -0.1) is 0 Å². The Morgan fingerprint density at radius 2 is 1.86 bits per heavy atom. The molecule has 2 rings (SSSR count). The van der Waals surface area contributed by atoms with E-state index in [1.54, 1.807) is 4.90 Å². The topological polar surface area (TPSA) is 68.5 Å². The van der Waals surface area contributed by atoms with E-state index in [4.69, 9.17) is 5.73 Å². The molecule has 0 bridgehead atoms. The van der Waals surface area contributed by atoms with E-state index in [0.717, 1.165) is 11.8 Å². The third-order valence-corrected chi connectivity index (χ3v) is 3.91. The van der Waals surface area contributed by atoms with Crippen molar-refractivity contribution in [1.82, 2.24) is 9.88 Å². The van der Waals surface area contributed by atoms with Crippen LogP contribution in [0.4, 0.5) is 17.6 Å². The normalized spacial score (nSPS) is 11.5. The van der Waals surface area contributed by atoms with Crippen LogP contribution in [-0.4, -0.2) is 54.4 Å². The second-order valence-electron chi connectivity index (χ2n) is 6.05. The van der Waals surface area contributed by atoms with Gasteiger partial charge in [-0.3, -0.25) is 4.79 Å². The number of ether oxygens (including phenoxy) is 1. The first-order chi connectivity index (χ1) is 13.3. The summed E-state index contributed by atoms with van der Waals surface area (Å²) in [6, 6.07) is 12.2. The highest BCUT2D eigenvalue weighted by atomic mass is 19.3. The van der Waals surface area contributed by atoms with Crippen LogP contribution in [0.25, 0.3) is 0 Å². The van der Waals surface area contributed by atoms with Gasteiger partial charge in [0, 0.05) is 31.9 Å². The molecule has 0 unspecified atom stereocenters. The number of nitrogens with zero attached hydrogens (tertiary/aromatic N) is 2. The van der Waals surface area contributed by atoms with Crippen molar-refractivity contribution in [1.29, 1.82) is 0 Å². The highest BCUT2D eigenvalue weighted by Gasteiger charge is 2.41. The van der Waals surface area contributed by atoms with Gasteiger partial charge < -0.3 is 15.4 Å². The first kappa shape index (κ1) is 21.6. The lowest BCUT2D eigenvalue weighted by Gasteiger charge is -2.22. The number of carbonyl (C=O) groups excluding carboxylic acids is 1. The zero-order valence-corrected chi connectivity index (χ0v) is 15.0. The maximum Gasteiger partial charge on any atom is 0.340 e. The van der Waals surface area contributed by atoms with Crippen LogP contribution in [0.1, 0.15) is 15.9 Å². The fourth-order valence-electron chi connectivity index (χ4n) is 2.39. The number of alkyl halides is 4. The molecule has 2 N–H and O–H groups in total. The van der Waals surface area contributed by atoms with Gasteiger partial charge >= 0.3 is 12.3 Å². The Kier molecular flexibility index (Phi) is 7.74. The maximum absolute atomic E-state index is 12.9. The SMILES string of the molecule is NCCN(CCc1ccccc1)C(=O)c1ccc(OCC(F)(F)C(F)F)nc1. The van der Waals surface area contributed by atoms with E-state index in [1.165, 1.54) is 12.1 Å². The second kappa shape index (κ2) is 10.0. The average Bonchev–Trinajstić information content (AvgIpc) is 2.70. The van der Waals surface area contributed by atoms with Gasteiger partial charge in [-0.1, -0.05) is 30.3 Å². The molecule has 1 heterocycles. The predicted molar refractivity (Wildman–Crippen MR) is 95.8 cm³/mol. The summed E-state index contributed by atoms with van der Waals surface area (Å²) < 4.78 is 54.6. The van der Waals surface area contributed by atoms with Gasteiger partial charge in [0.05, 0.1) is 5.56 Å². The van der Waals surface area contributed by atoms with Crippen LogP contribution in [0.5, 0.6) is 5.88 Å². The molecular formula is C19H21F4N3O2. The van der Waals surface area contributed by atoms with Gasteiger partial charge in [0.2, 0.25) is 5.88 Å². The molecule has 0 saturated carbocycles. The largest absolute Gasteiger partial charge is 0.471 e. The number of benzene rings is 1. The number of rotatable bonds is 10. The van der Waals surface area contributed by atoms with Gasteiger partial charge in [0.25, 0.3) is 5.91 Å². The van der Waals surface area contributed by atoms with Gasteiger partial charge in [0.15, 0.2) is 6.61 Å². The minimum atomic E-state index is -4.27. The monoisotopic (exact) mass is 399 g/mol. The zero-order chi connectivity index (χ0) is 20.6. The first-order valence-electron chi connectivity index (χ1n) is 8.61. The number of aromatic nitrogens is 1. The van der Waals surface area contributed by atoms with Crippen LogP contribution >= 0.6 is 0 Å². The molecule has 0 aliphatic rings. The molecule has 28 heavy (non-hydrogen) atoms. The molecular weight excluding hydrogens is 378 g/mol. The standard InChI is InChI=1S/C19H21F4N3O2/c20-18(21)19(22,23)13-28-16-7-6-15(12-25-16)17(27)26(11-9-24)10-8-14-4-2-1-3-5-14/h1-7,12,18H,8-11,13,24H2. The summed E-state index contributed by atoms with van der Waals surface area (Å²) in [5.41, 5.74) is 6.87. The molecule has 0 aliphatic carbocycles. The summed E-state index contributed by atoms with van der Waals surface area (Å²) in [5, 5.41) is 0. The molecule has 0 fully saturated rings. The van der Waals surface area contributed by atoms with Gasteiger partial charge in [-0.05, 0) is 18.1 Å². The minimum Gasteiger partial charge on any atom is -0.471 e. The molecule has 0 atom stereocenters. The van der Waals surface area contributed by atoms with Crippen LogP contribution in [0.15, 0.2) is 48.7 Å². The van der Waals surface area contributed by atoms with Crippen molar-refractivity contribution in [3.63, 3.8) is 0 Å². The number of pyridine rings is 1. The Hall–Kier alpha value is -2.68. The third kappa shape index (κ3) is 6.19. The van der Waals surface area contributed by atoms with Crippen LogP contribution in [0.3, 0.4) is 0 Å². The second-order valence-corrected chi connectivity index (χ2v) is 6.05. The fraction of sp³-hybridized carbons (Fsp3) is 0.368. The molecule has 0 aliphatic heterocycles. The Balaban J connectivity index is 1.98. The lowest BCUT2D eigenvalue weighted by Crippen LogP contribution is -2.37. The van der Waals surface area contributed by atoms with E-state index in [1.807, 2.05) is 30.3 Å². The number of hydrogen-bond donors (Lipinski definition) is 1. The Morgan fingerprint density at radius 3 is 2.43 bits per heavy atom. The average molecular weight is 399 g/mol. The lowest BCUT2D eigenvalue weighted by molar-refractivity contribution is -0.148. The van der Waals surface area contributed by atoms with Crippen molar-refractivity contribution in [3.05, 3.63) is 59.8 Å². The van der Waals surface area contributed by atoms with E-state index in [-0.39, 0.29) is 23.9 Å². The molecule has 0 saturated heterocycles. The van der Waals surface area contributed by atoms with Gasteiger partial charge in [-0.2, -0.15) is 8.78 Å². The zero-order valence-electron chi connectivity index (χ0n) is 15.0. The number of carbonyl (C=O) groups is 1. The van der Waals surface area contributed by atoms with Crippen molar-refractivity contribution >= 4 is 5.91 Å². The van der Waals surface area contributed by atoms with E-state index < -0.39 is 19.0 Å². The number of hydrogen-bond acceptors (Lipinski definition) is 4. The lowest BCUT2D eigenvalue weighted by atomic mass is 10.1. The van der Waals surface area contributed by atoms with Gasteiger partial charge in [-0.25, -0.2) is 13.8 Å². The summed E-state index contributed by atoms with van der Waals surface area (Å²) in [7, 11) is 0. The highest BCUT2D eigenvalue weighted by Crippen LogP contribution is 2.23. The van der Waals surface area contributed by atoms with Crippen LogP contribution in [-0.2, 0) is 6.42 Å². The molecule has 1 aromatic heterocycles. The van der Waals surface area contributed by atoms with Crippen LogP contribution < -0.4 is 10.5 Å². The summed E-state index contributed by atoms with van der Waals surface area (Å²) in [4.78, 5) is 18.0. The Labute approximate surface area is 160 Å². The fourth-order valence-corrected chi connectivity index (χ4v) is 2.39. The summed E-state index contributed by atoms with van der Waals surface area (Å²) in [6.07, 6.45) is -2.03. The quantitative estimate of drug-likeness (QED) is 0.624. The predicted octanol–water partition coefficient (Wildman–Crippen LogP) is 3.00. The van der Waals surface area contributed by atoms with Crippen LogP contribution in [0.2, 0.25) is 0 Å². The van der Waals surface area contributed by atoms with E-state index >= 15 is 0 Å². The van der Waals surface area contributed by atoms with E-state index in [9.17, 15) is 22.4 Å². The molecule has 5 nitrogen and oxygen atoms in total. The van der Waals surface area contributed by atoms with Crippen molar-refractivity contribution in [2.24, 2.45) is 5.73 Å². The van der Waals surface area contributed by atoms with Gasteiger partial charge in [0.1, 0.15) is 0 Å². The summed E-state index contributed by atoms with van der Waals surface area (Å²) in [6.45, 7) is -0.442. The smallest absolute Gasteiger partial charge is 0.340 e. The molecule has 9 heteroatoms. The Bertz CT molecular complexity index is 743. The number of amides is 1. The third-order valence-electron chi connectivity index (χ3n) is 3.91. The van der Waals surface area contributed by atoms with Crippen molar-refractivity contribution in [2.45, 2.75) is 18.8 Å². The van der Waals surface area contributed by atoms with Crippen molar-refractivity contribution < 1.29 is 27.1 Å². The van der Waals surface area contributed by atoms with Crippen LogP contribution in [0, 0.1) is 0 Å². The molecule has 1 amide bonds. The van der Waals surface area contributed by atoms with Crippen molar-refractivity contribution in [2.75, 3.05) is 26.2 Å². The molecule has 2 aromatic rings. The maximum atomic E-state index is 12.9. The number of nitrogens with two attached hydrogens (primary N) is 1. The highest BCUT2D eigenvalue weighted by molar-refractivity contribution is 5.94. The summed E-state index contributed by atoms with van der Waals surface area (Å²) >= 11 is 0. The van der Waals surface area contributed by atoms with E-state index in [2.05, 4.69) is 9.72 Å². The molecule has 1 aromatic carbocycles. The first-order valence-corrected chi connectivity index (χ1v) is 8.61. The van der Waals surface area contributed by atoms with Crippen molar-refractivity contribution in [3.8, 4) is 5.88 Å².